The van der Waals surface area contributed by atoms with Crippen LogP contribution in [0.15, 0.2) is 62.7 Å². The average molecular weight is 1150 g/mol. The molecule has 0 spiro atoms. The lowest BCUT2D eigenvalue weighted by atomic mass is 9.79. The smallest absolute Gasteiger partial charge is 0.404 e. The predicted molar refractivity (Wildman–Crippen MR) is 298 cm³/mol. The average Bonchev–Trinajstić information content (AvgIpc) is 4.14. The van der Waals surface area contributed by atoms with Crippen LogP contribution < -0.4 is 27.7 Å². The first-order chi connectivity index (χ1) is 38.1. The third-order valence-corrected chi connectivity index (χ3v) is 15.8. The fraction of sp³-hybridized carbons (Fsp3) is 0.519. The zero-order chi connectivity index (χ0) is 58.4. The molecule has 2 saturated heterocycles. The minimum Gasteiger partial charge on any atom is -0.481 e. The van der Waals surface area contributed by atoms with Gasteiger partial charge in [-0.1, -0.05) is 24.3 Å². The largest absolute Gasteiger partial charge is 0.481 e. The molecule has 2 fully saturated rings. The number of rotatable bonds is 30. The number of aromatic amines is 1. The Morgan fingerprint density at radius 1 is 0.912 bits per heavy atom. The molecule has 2 unspecified atom stereocenters. The van der Waals surface area contributed by atoms with E-state index in [9.17, 15) is 58.2 Å². The summed E-state index contributed by atoms with van der Waals surface area (Å²) in [6.07, 6.45) is 6.58. The number of aromatic nitrogens is 4. The van der Waals surface area contributed by atoms with E-state index in [0.717, 1.165) is 23.5 Å². The second-order valence-electron chi connectivity index (χ2n) is 19.9. The Balaban J connectivity index is 0.000000307. The molecule has 4 aliphatic rings. The molecule has 26 heteroatoms. The van der Waals surface area contributed by atoms with Crippen LogP contribution in [0.4, 0.5) is 10.7 Å². The van der Waals surface area contributed by atoms with Gasteiger partial charge < -0.3 is 46.7 Å². The van der Waals surface area contributed by atoms with Gasteiger partial charge in [-0.3, -0.25) is 48.3 Å². The Kier molecular flexibility index (Phi) is 22.0. The summed E-state index contributed by atoms with van der Waals surface area (Å²) in [5.41, 5.74) is 13.8. The van der Waals surface area contributed by atoms with Crippen molar-refractivity contribution in [3.8, 4) is 0 Å². The molecule has 7 rings (SSSR count). The number of carboxylic acid groups (broad SMARTS) is 2. The van der Waals surface area contributed by atoms with Crippen molar-refractivity contribution in [1.82, 2.24) is 35.5 Å². The van der Waals surface area contributed by atoms with E-state index in [1.165, 1.54) is 6.20 Å². The van der Waals surface area contributed by atoms with Gasteiger partial charge >= 0.3 is 18.0 Å². The SMILES string of the molecule is CO[C@@]12[C@H](COC(N)=O)C3=C(C(=O)C(C)=C(CCCSC)C3=O)N1C[C@@H]1N[C@@H]12.CSCCC(=O)CN=C(C)CCC(=O)CCC(NC(=O)CCC(CC(=O)c1ccc(CCc2cnc3nc(N)[nH]c(=O)c3n2)cc1)C(=O)O)C(=O)O. The van der Waals surface area contributed by atoms with Crippen molar-refractivity contribution in [1.29, 1.82) is 0 Å². The second kappa shape index (κ2) is 28.3. The van der Waals surface area contributed by atoms with Crippen molar-refractivity contribution in [2.45, 2.75) is 115 Å². The van der Waals surface area contributed by atoms with Gasteiger partial charge in [-0.05, 0) is 88.4 Å². The van der Waals surface area contributed by atoms with Crippen molar-refractivity contribution >= 4 is 99.2 Å². The number of allylic oxidation sites excluding steroid dienone is 2. The molecule has 3 aliphatic heterocycles. The molecule has 3 aromatic rings. The van der Waals surface area contributed by atoms with Crippen LogP contribution in [-0.2, 0) is 55.9 Å². The lowest BCUT2D eigenvalue weighted by Crippen LogP contribution is -2.55. The minimum atomic E-state index is -1.35. The number of anilines is 1. The number of carbonyl (C=O) groups is 9. The van der Waals surface area contributed by atoms with Crippen molar-refractivity contribution in [2.75, 3.05) is 56.6 Å². The summed E-state index contributed by atoms with van der Waals surface area (Å²) in [5.74, 6) is -4.38. The van der Waals surface area contributed by atoms with Crippen LogP contribution in [0.2, 0.25) is 0 Å². The highest BCUT2D eigenvalue weighted by Gasteiger charge is 2.72. The number of nitrogen functional groups attached to an aromatic ring is 1. The third-order valence-electron chi connectivity index (χ3n) is 14.5. The van der Waals surface area contributed by atoms with Crippen LogP contribution in [0, 0.1) is 11.8 Å². The van der Waals surface area contributed by atoms with Crippen molar-refractivity contribution in [3.05, 3.63) is 80.1 Å². The number of hydrogen-bond donors (Lipinski definition) is 7. The van der Waals surface area contributed by atoms with Gasteiger partial charge in [-0.25, -0.2) is 19.6 Å². The lowest BCUT2D eigenvalue weighted by molar-refractivity contribution is -0.144. The number of amides is 2. The van der Waals surface area contributed by atoms with E-state index < -0.39 is 58.9 Å². The van der Waals surface area contributed by atoms with E-state index in [4.69, 9.17) is 20.9 Å². The van der Waals surface area contributed by atoms with E-state index in [0.29, 0.717) is 72.5 Å². The first-order valence-corrected chi connectivity index (χ1v) is 28.9. The first kappa shape index (κ1) is 62.0. The second-order valence-corrected chi connectivity index (χ2v) is 21.8. The molecular weight excluding hydrogens is 1080 g/mol. The van der Waals surface area contributed by atoms with E-state index in [1.54, 1.807) is 68.7 Å². The Hall–Kier alpha value is -7.16. The highest BCUT2D eigenvalue weighted by atomic mass is 32.2. The summed E-state index contributed by atoms with van der Waals surface area (Å²) in [4.78, 5) is 144. The number of aliphatic imine (C=N–C) groups is 1. The fourth-order valence-electron chi connectivity index (χ4n) is 10.1. The van der Waals surface area contributed by atoms with E-state index in [1.807, 2.05) is 17.4 Å². The van der Waals surface area contributed by atoms with Gasteiger partial charge in [0, 0.05) is 79.8 Å². The number of ether oxygens (including phenoxy) is 2. The number of aliphatic carboxylic acids is 2. The van der Waals surface area contributed by atoms with Gasteiger partial charge in [0.1, 0.15) is 18.4 Å². The summed E-state index contributed by atoms with van der Waals surface area (Å²) in [7, 11) is 1.57. The summed E-state index contributed by atoms with van der Waals surface area (Å²) < 4.78 is 11.1. The Labute approximate surface area is 469 Å². The summed E-state index contributed by atoms with van der Waals surface area (Å²) >= 11 is 3.28. The summed E-state index contributed by atoms with van der Waals surface area (Å²) in [6, 6.07) is 5.43. The maximum atomic E-state index is 13.5. The molecule has 2 aromatic heterocycles. The van der Waals surface area contributed by atoms with Gasteiger partial charge in [-0.2, -0.15) is 28.5 Å². The van der Waals surface area contributed by atoms with E-state index >= 15 is 0 Å². The number of piperazine rings is 1. The minimum absolute atomic E-state index is 0.0147. The summed E-state index contributed by atoms with van der Waals surface area (Å²) in [5, 5.41) is 25.0. The number of primary amides is 1. The van der Waals surface area contributed by atoms with Crippen LogP contribution in [0.3, 0.4) is 0 Å². The molecule has 24 nitrogen and oxygen atoms in total. The monoisotopic (exact) mass is 1140 g/mol. The Bertz CT molecular complexity index is 3050. The van der Waals surface area contributed by atoms with Gasteiger partial charge in [0.2, 0.25) is 17.6 Å². The van der Waals surface area contributed by atoms with Crippen molar-refractivity contribution in [2.24, 2.45) is 22.6 Å². The molecule has 5 heterocycles. The molecule has 80 heavy (non-hydrogen) atoms. The number of fused-ring (bicyclic) bond motifs is 5. The van der Waals surface area contributed by atoms with Crippen LogP contribution in [0.1, 0.15) is 99.7 Å². The molecular formula is C54H68N10O14S2. The van der Waals surface area contributed by atoms with Crippen LogP contribution in [-0.4, -0.2) is 168 Å². The molecule has 1 aromatic carbocycles. The molecule has 0 saturated carbocycles. The van der Waals surface area contributed by atoms with Crippen molar-refractivity contribution < 1.29 is 62.8 Å². The lowest BCUT2D eigenvalue weighted by Gasteiger charge is -2.39. The van der Waals surface area contributed by atoms with E-state index in [-0.39, 0.29) is 110 Å². The van der Waals surface area contributed by atoms with Gasteiger partial charge in [0.05, 0.1) is 42.0 Å². The van der Waals surface area contributed by atoms with Crippen LogP contribution in [0.5, 0.6) is 0 Å². The van der Waals surface area contributed by atoms with Crippen LogP contribution in [0.25, 0.3) is 11.2 Å². The summed E-state index contributed by atoms with van der Waals surface area (Å²) in [6.45, 7) is 4.00. The number of hydrogen-bond acceptors (Lipinski definition) is 21. The fourth-order valence-corrected chi connectivity index (χ4v) is 11.0. The predicted octanol–water partition coefficient (Wildman–Crippen LogP) is 3.19. The third kappa shape index (κ3) is 15.4. The van der Waals surface area contributed by atoms with E-state index in [2.05, 4.69) is 35.6 Å². The normalized spacial score (nSPS) is 19.8. The highest BCUT2D eigenvalue weighted by molar-refractivity contribution is 7.98. The Morgan fingerprint density at radius 2 is 1.64 bits per heavy atom. The number of nitrogens with zero attached hydrogens (tertiary/aromatic N) is 5. The number of carboxylic acids is 2. The number of benzene rings is 1. The first-order valence-electron chi connectivity index (χ1n) is 26.1. The molecule has 0 radical (unpaired) electrons. The quantitative estimate of drug-likeness (QED) is 0.0166. The standard InChI is InChI=1S/C35H43N7O9S.C19H25N3O5S/c1-20(37-19-26(44)15-16-52-2)3-11-25(43)12-13-27(34(50)51)40-29(46)14-9-23(33(48)49)17-28(45)22-7-4-21(5-8-22)6-10-24-18-38-31-30(39-24)32(47)42-35(36)41-31;1-9-10(5-4-6-28-3)16(24)13-11(8-27-18(20)25)19(26-2)17-12(21-17)7-22(19)14(13)15(9)23/h4-5,7-8,18,23,27H,3,6,9-17,19H2,1-2H3,(H,40,46)(H,48,49)(H,50,51)(H3,36,38,41,42,47);11-12,17,21H,4-8H2,1-3H3,(H2,20,25)/t;11-,12+,17+,19-/m.1/s1. The number of H-pyrrole nitrogens is 1. The zero-order valence-electron chi connectivity index (χ0n) is 45.3. The maximum absolute atomic E-state index is 13.5. The molecule has 2 amide bonds. The maximum Gasteiger partial charge on any atom is 0.404 e. The topological polar surface area (TPSA) is 386 Å². The zero-order valence-corrected chi connectivity index (χ0v) is 46.9. The van der Waals surface area contributed by atoms with Gasteiger partial charge in [0.15, 0.2) is 34.2 Å². The van der Waals surface area contributed by atoms with Gasteiger partial charge in [-0.15, -0.1) is 0 Å². The molecule has 6 atom stereocenters. The number of ketones is 5. The number of thioether (sulfide) groups is 2. The van der Waals surface area contributed by atoms with Crippen molar-refractivity contribution in [3.63, 3.8) is 0 Å². The number of methoxy groups -OCH3 is 1. The molecule has 430 valence electrons. The number of Topliss-reactive ketones (excluding diaryl/α,β-unsaturated/α-hetero) is 5. The number of nitrogens with two attached hydrogens (primary N) is 2. The number of nitrogens with one attached hydrogen (secondary N) is 3. The van der Waals surface area contributed by atoms with Gasteiger partial charge in [0.25, 0.3) is 5.56 Å². The Morgan fingerprint density at radius 3 is 2.30 bits per heavy atom. The molecule has 9 N–H and O–H groups in total. The molecule has 0 bridgehead atoms. The highest BCUT2D eigenvalue weighted by Crippen LogP contribution is 2.56. The number of carbonyl (C=O) groups excluding carboxylic acids is 7. The van der Waals surface area contributed by atoms with Crippen LogP contribution >= 0.6 is 23.5 Å². The number of aryl methyl sites for hydroxylation is 2. The molecule has 1 aliphatic carbocycles.